The summed E-state index contributed by atoms with van der Waals surface area (Å²) in [5, 5.41) is 7.48. The van der Waals surface area contributed by atoms with Crippen LogP contribution in [0, 0.1) is 17.5 Å². The summed E-state index contributed by atoms with van der Waals surface area (Å²) in [6.07, 6.45) is 2.13. The van der Waals surface area contributed by atoms with Crippen LogP contribution in [0.3, 0.4) is 0 Å². The summed E-state index contributed by atoms with van der Waals surface area (Å²) >= 11 is 0. The number of nitrogens with two attached hydrogens (primary N) is 1. The van der Waals surface area contributed by atoms with Crippen LogP contribution in [0.5, 0.6) is 0 Å². The SMILES string of the molecule is CCCn1nncc1C(N)c1c(F)cc(F)cc1F. The molecule has 2 N–H and O–H groups in total. The van der Waals surface area contributed by atoms with Crippen molar-refractivity contribution in [2.45, 2.75) is 25.9 Å². The zero-order valence-electron chi connectivity index (χ0n) is 10.3. The third kappa shape index (κ3) is 2.60. The Labute approximate surface area is 108 Å². The number of hydrogen-bond acceptors (Lipinski definition) is 3. The molecule has 2 aromatic rings. The van der Waals surface area contributed by atoms with Crippen LogP contribution in [0.1, 0.15) is 30.6 Å². The predicted molar refractivity (Wildman–Crippen MR) is 62.7 cm³/mol. The van der Waals surface area contributed by atoms with E-state index in [-0.39, 0.29) is 5.56 Å². The number of hydrogen-bond donors (Lipinski definition) is 1. The molecule has 1 heterocycles. The largest absolute Gasteiger partial charge is 0.319 e. The first-order valence-corrected chi connectivity index (χ1v) is 5.83. The highest BCUT2D eigenvalue weighted by Gasteiger charge is 2.23. The quantitative estimate of drug-likeness (QED) is 0.926. The van der Waals surface area contributed by atoms with Crippen LogP contribution >= 0.6 is 0 Å². The Morgan fingerprint density at radius 2 is 1.89 bits per heavy atom. The van der Waals surface area contributed by atoms with Crippen LogP contribution < -0.4 is 5.73 Å². The van der Waals surface area contributed by atoms with Crippen molar-refractivity contribution in [3.63, 3.8) is 0 Å². The van der Waals surface area contributed by atoms with Crippen molar-refractivity contribution >= 4 is 0 Å². The van der Waals surface area contributed by atoms with Gasteiger partial charge in [-0.3, -0.25) is 0 Å². The van der Waals surface area contributed by atoms with E-state index in [1.165, 1.54) is 10.9 Å². The van der Waals surface area contributed by atoms with Crippen LogP contribution in [-0.4, -0.2) is 15.0 Å². The minimum Gasteiger partial charge on any atom is -0.319 e. The van der Waals surface area contributed by atoms with Gasteiger partial charge in [0.25, 0.3) is 0 Å². The molecule has 0 fully saturated rings. The van der Waals surface area contributed by atoms with E-state index in [1.807, 2.05) is 6.92 Å². The second-order valence-electron chi connectivity index (χ2n) is 4.14. The molecule has 1 atom stereocenters. The van der Waals surface area contributed by atoms with Crippen LogP contribution in [0.25, 0.3) is 0 Å². The smallest absolute Gasteiger partial charge is 0.134 e. The molecule has 0 aliphatic rings. The zero-order chi connectivity index (χ0) is 14.0. The second-order valence-corrected chi connectivity index (χ2v) is 4.14. The van der Waals surface area contributed by atoms with E-state index < -0.39 is 23.5 Å². The van der Waals surface area contributed by atoms with E-state index in [2.05, 4.69) is 10.3 Å². The summed E-state index contributed by atoms with van der Waals surface area (Å²) in [5.41, 5.74) is 5.83. The summed E-state index contributed by atoms with van der Waals surface area (Å²) in [6, 6.07) is 0.125. The number of aromatic nitrogens is 3. The Hall–Kier alpha value is -1.89. The van der Waals surface area contributed by atoms with Gasteiger partial charge in [0, 0.05) is 24.2 Å². The Morgan fingerprint density at radius 1 is 1.26 bits per heavy atom. The molecule has 4 nitrogen and oxygen atoms in total. The second kappa shape index (κ2) is 5.40. The van der Waals surface area contributed by atoms with Gasteiger partial charge in [0.1, 0.15) is 17.5 Å². The van der Waals surface area contributed by atoms with Gasteiger partial charge in [-0.2, -0.15) is 0 Å². The number of halogens is 3. The minimum atomic E-state index is -1.08. The molecule has 2 rings (SSSR count). The molecule has 0 bridgehead atoms. The molecular formula is C12H13F3N4. The number of rotatable bonds is 4. The van der Waals surface area contributed by atoms with Crippen molar-refractivity contribution in [1.29, 1.82) is 0 Å². The van der Waals surface area contributed by atoms with Gasteiger partial charge in [-0.1, -0.05) is 12.1 Å². The molecule has 0 aliphatic carbocycles. The predicted octanol–water partition coefficient (Wildman–Crippen LogP) is 2.15. The Balaban J connectivity index is 2.44. The Morgan fingerprint density at radius 3 is 2.47 bits per heavy atom. The molecule has 0 spiro atoms. The van der Waals surface area contributed by atoms with Crippen LogP contribution in [0.15, 0.2) is 18.3 Å². The summed E-state index contributed by atoms with van der Waals surface area (Å²) in [5.74, 6) is -3.02. The third-order valence-corrected chi connectivity index (χ3v) is 2.76. The first-order chi connectivity index (χ1) is 9.04. The average Bonchev–Trinajstić information content (AvgIpc) is 2.76. The van der Waals surface area contributed by atoms with Crippen LogP contribution in [-0.2, 0) is 6.54 Å². The first-order valence-electron chi connectivity index (χ1n) is 5.83. The highest BCUT2D eigenvalue weighted by molar-refractivity contribution is 5.29. The van der Waals surface area contributed by atoms with Crippen molar-refractivity contribution in [2.75, 3.05) is 0 Å². The van der Waals surface area contributed by atoms with E-state index in [9.17, 15) is 13.2 Å². The van der Waals surface area contributed by atoms with Crippen LogP contribution in [0.2, 0.25) is 0 Å². The van der Waals surface area contributed by atoms with E-state index in [4.69, 9.17) is 5.73 Å². The van der Waals surface area contributed by atoms with Gasteiger partial charge in [-0.05, 0) is 6.42 Å². The lowest BCUT2D eigenvalue weighted by Gasteiger charge is -2.15. The molecule has 1 aromatic carbocycles. The molecule has 1 aromatic heterocycles. The zero-order valence-corrected chi connectivity index (χ0v) is 10.3. The molecule has 0 saturated carbocycles. The molecule has 0 amide bonds. The van der Waals surface area contributed by atoms with Crippen molar-refractivity contribution in [3.8, 4) is 0 Å². The standard InChI is InChI=1S/C12H13F3N4/c1-2-3-19-10(6-17-18-19)12(16)11-8(14)4-7(13)5-9(11)15/h4-6,12H,2-3,16H2,1H3. The van der Waals surface area contributed by atoms with E-state index in [1.54, 1.807) is 0 Å². The maximum absolute atomic E-state index is 13.7. The van der Waals surface area contributed by atoms with Crippen molar-refractivity contribution in [2.24, 2.45) is 5.73 Å². The van der Waals surface area contributed by atoms with E-state index >= 15 is 0 Å². The molecule has 7 heteroatoms. The Bertz CT molecular complexity index is 559. The lowest BCUT2D eigenvalue weighted by Crippen LogP contribution is -2.20. The fourth-order valence-electron chi connectivity index (χ4n) is 1.89. The van der Waals surface area contributed by atoms with Gasteiger partial charge < -0.3 is 5.73 Å². The molecule has 19 heavy (non-hydrogen) atoms. The van der Waals surface area contributed by atoms with Crippen molar-refractivity contribution in [1.82, 2.24) is 15.0 Å². The van der Waals surface area contributed by atoms with Gasteiger partial charge in [-0.15, -0.1) is 5.10 Å². The van der Waals surface area contributed by atoms with Gasteiger partial charge in [0.05, 0.1) is 17.9 Å². The van der Waals surface area contributed by atoms with Crippen LogP contribution in [0.4, 0.5) is 13.2 Å². The van der Waals surface area contributed by atoms with Crippen molar-refractivity contribution in [3.05, 3.63) is 47.0 Å². The highest BCUT2D eigenvalue weighted by Crippen LogP contribution is 2.25. The minimum absolute atomic E-state index is 0.381. The monoisotopic (exact) mass is 270 g/mol. The number of nitrogens with zero attached hydrogens (tertiary/aromatic N) is 3. The summed E-state index contributed by atoms with van der Waals surface area (Å²) in [6.45, 7) is 2.46. The fraction of sp³-hybridized carbons (Fsp3) is 0.333. The first kappa shape index (κ1) is 13.5. The summed E-state index contributed by atoms with van der Waals surface area (Å²) in [4.78, 5) is 0. The van der Waals surface area contributed by atoms with Gasteiger partial charge in [-0.25, -0.2) is 17.9 Å². The van der Waals surface area contributed by atoms with E-state index in [0.29, 0.717) is 24.4 Å². The summed E-state index contributed by atoms with van der Waals surface area (Å²) < 4.78 is 41.7. The average molecular weight is 270 g/mol. The normalized spacial score (nSPS) is 12.7. The molecule has 0 aliphatic heterocycles. The van der Waals surface area contributed by atoms with E-state index in [0.717, 1.165) is 6.42 Å². The lowest BCUT2D eigenvalue weighted by molar-refractivity contribution is 0.497. The number of benzene rings is 1. The Kier molecular flexibility index (Phi) is 3.84. The number of aryl methyl sites for hydroxylation is 1. The van der Waals surface area contributed by atoms with Crippen molar-refractivity contribution < 1.29 is 13.2 Å². The fourth-order valence-corrected chi connectivity index (χ4v) is 1.89. The maximum atomic E-state index is 13.7. The molecular weight excluding hydrogens is 257 g/mol. The van der Waals surface area contributed by atoms with Gasteiger partial charge in [0.15, 0.2) is 0 Å². The topological polar surface area (TPSA) is 56.7 Å². The molecule has 0 saturated heterocycles. The third-order valence-electron chi connectivity index (χ3n) is 2.76. The lowest BCUT2D eigenvalue weighted by atomic mass is 10.0. The highest BCUT2D eigenvalue weighted by atomic mass is 19.1. The maximum Gasteiger partial charge on any atom is 0.134 e. The summed E-state index contributed by atoms with van der Waals surface area (Å²) in [7, 11) is 0. The van der Waals surface area contributed by atoms with Gasteiger partial charge >= 0.3 is 0 Å². The molecule has 102 valence electrons. The molecule has 1 unspecified atom stereocenters. The molecule has 0 radical (unpaired) electrons. The van der Waals surface area contributed by atoms with Gasteiger partial charge in [0.2, 0.25) is 0 Å².